The molecule has 4 aliphatic rings. The lowest BCUT2D eigenvalue weighted by Crippen LogP contribution is -2.47. The highest BCUT2D eigenvalue weighted by molar-refractivity contribution is 5.84. The first kappa shape index (κ1) is 24.6. The number of hydrogen-bond donors (Lipinski definition) is 1. The minimum absolute atomic E-state index is 0.0165. The molecule has 4 atom stereocenters. The predicted octanol–water partition coefficient (Wildman–Crippen LogP) is 5.33. The third-order valence-electron chi connectivity index (χ3n) is 8.75. The monoisotopic (exact) mass is 521 g/mol. The zero-order valence-corrected chi connectivity index (χ0v) is 20.2. The molecule has 2 aliphatic heterocycles. The van der Waals surface area contributed by atoms with Gasteiger partial charge in [-0.15, -0.1) is 0 Å². The van der Waals surface area contributed by atoms with Crippen molar-refractivity contribution in [2.24, 2.45) is 11.3 Å². The van der Waals surface area contributed by atoms with E-state index in [0.717, 1.165) is 44.0 Å². The van der Waals surface area contributed by atoms with Crippen molar-refractivity contribution in [3.63, 3.8) is 0 Å². The number of carbonyl (C=O) groups excluding carboxylic acids is 1. The molecule has 1 aromatic heterocycles. The Morgan fingerprint density at radius 2 is 1.97 bits per heavy atom. The third kappa shape index (κ3) is 4.27. The number of carbonyl (C=O) groups is 1. The van der Waals surface area contributed by atoms with Gasteiger partial charge < -0.3 is 15.0 Å². The van der Waals surface area contributed by atoms with Crippen molar-refractivity contribution in [1.82, 2.24) is 15.2 Å². The number of nitrogens with zero attached hydrogens (tertiary/aromatic N) is 2. The number of hydrogen-bond acceptors (Lipinski definition) is 4. The molecule has 3 heterocycles. The third-order valence-corrected chi connectivity index (χ3v) is 8.75. The first-order valence-electron chi connectivity index (χ1n) is 12.9. The van der Waals surface area contributed by atoms with Gasteiger partial charge in [-0.3, -0.25) is 9.78 Å². The summed E-state index contributed by atoms with van der Waals surface area (Å²) in [5.74, 6) is -1.32. The Hall–Kier alpha value is -2.75. The van der Waals surface area contributed by atoms with Crippen LogP contribution in [0.2, 0.25) is 0 Å². The van der Waals surface area contributed by atoms with Gasteiger partial charge in [0.05, 0.1) is 17.6 Å². The number of alkyl halides is 3. The van der Waals surface area contributed by atoms with E-state index >= 15 is 0 Å². The van der Waals surface area contributed by atoms with Gasteiger partial charge in [0, 0.05) is 61.5 Å². The Morgan fingerprint density at radius 1 is 1.16 bits per heavy atom. The van der Waals surface area contributed by atoms with Crippen molar-refractivity contribution in [1.29, 1.82) is 0 Å². The Kier molecular flexibility index (Phi) is 5.93. The maximum atomic E-state index is 14.0. The Balaban J connectivity index is 1.20. The SMILES string of the molecule is O=C(N1CCc2ncc(C(F)(F)F)cc2C1)[C@@]12CCC[C@@H]1C[C@@H](N[C@H]1CCOc3cc(F)c(F)cc31)C2. The molecule has 2 aromatic rings. The van der Waals surface area contributed by atoms with Crippen LogP contribution >= 0.6 is 0 Å². The van der Waals surface area contributed by atoms with E-state index in [4.69, 9.17) is 4.74 Å². The molecule has 1 amide bonds. The Morgan fingerprint density at radius 3 is 2.78 bits per heavy atom. The predicted molar refractivity (Wildman–Crippen MR) is 124 cm³/mol. The molecule has 10 heteroatoms. The molecular formula is C27H28F5N3O2. The summed E-state index contributed by atoms with van der Waals surface area (Å²) in [5, 5.41) is 3.60. The number of halogens is 5. The second kappa shape index (κ2) is 8.92. The first-order chi connectivity index (χ1) is 17.6. The van der Waals surface area contributed by atoms with E-state index in [1.807, 2.05) is 0 Å². The lowest BCUT2D eigenvalue weighted by Gasteiger charge is -2.37. The number of pyridine rings is 1. The van der Waals surface area contributed by atoms with Crippen LogP contribution in [-0.2, 0) is 23.9 Å². The van der Waals surface area contributed by atoms with Crippen LogP contribution in [0.15, 0.2) is 24.4 Å². The molecular weight excluding hydrogens is 493 g/mol. The van der Waals surface area contributed by atoms with E-state index in [1.54, 1.807) is 4.90 Å². The second-order valence-electron chi connectivity index (χ2n) is 10.8. The molecule has 37 heavy (non-hydrogen) atoms. The number of fused-ring (bicyclic) bond motifs is 3. The fourth-order valence-electron chi connectivity index (χ4n) is 7.03. The molecule has 6 rings (SSSR count). The van der Waals surface area contributed by atoms with Crippen molar-refractivity contribution in [2.75, 3.05) is 13.2 Å². The van der Waals surface area contributed by atoms with Crippen LogP contribution in [0.3, 0.4) is 0 Å². The van der Waals surface area contributed by atoms with Crippen LogP contribution in [-0.4, -0.2) is 35.0 Å². The van der Waals surface area contributed by atoms with Gasteiger partial charge in [-0.2, -0.15) is 13.2 Å². The summed E-state index contributed by atoms with van der Waals surface area (Å²) < 4.78 is 72.9. The highest BCUT2D eigenvalue weighted by Crippen LogP contribution is 2.56. The van der Waals surface area contributed by atoms with Crippen LogP contribution in [0, 0.1) is 23.0 Å². The van der Waals surface area contributed by atoms with Crippen molar-refractivity contribution in [3.8, 4) is 5.75 Å². The number of nitrogens with one attached hydrogen (secondary N) is 1. The van der Waals surface area contributed by atoms with Crippen molar-refractivity contribution < 1.29 is 31.5 Å². The topological polar surface area (TPSA) is 54.5 Å². The second-order valence-corrected chi connectivity index (χ2v) is 10.8. The minimum Gasteiger partial charge on any atom is -0.493 e. The summed E-state index contributed by atoms with van der Waals surface area (Å²) in [6, 6.07) is 3.21. The normalized spacial score (nSPS) is 28.9. The van der Waals surface area contributed by atoms with Gasteiger partial charge in [-0.1, -0.05) is 6.42 Å². The number of ether oxygens (including phenoxy) is 1. The average Bonchev–Trinajstić information content (AvgIpc) is 3.41. The molecule has 1 aromatic carbocycles. The van der Waals surface area contributed by atoms with E-state index in [1.165, 1.54) is 6.07 Å². The van der Waals surface area contributed by atoms with E-state index < -0.39 is 28.8 Å². The smallest absolute Gasteiger partial charge is 0.417 e. The van der Waals surface area contributed by atoms with Crippen LogP contribution < -0.4 is 10.1 Å². The Bertz CT molecular complexity index is 1240. The van der Waals surface area contributed by atoms with Gasteiger partial charge >= 0.3 is 6.18 Å². The van der Waals surface area contributed by atoms with Crippen LogP contribution in [0.25, 0.3) is 0 Å². The van der Waals surface area contributed by atoms with E-state index in [9.17, 15) is 26.7 Å². The van der Waals surface area contributed by atoms with E-state index in [-0.39, 0.29) is 30.5 Å². The highest BCUT2D eigenvalue weighted by Gasteiger charge is 2.56. The van der Waals surface area contributed by atoms with Crippen molar-refractivity contribution in [3.05, 3.63) is 58.4 Å². The maximum Gasteiger partial charge on any atom is 0.417 e. The van der Waals surface area contributed by atoms with Gasteiger partial charge in [-0.05, 0) is 49.3 Å². The fraction of sp³-hybridized carbons (Fsp3) is 0.556. The number of benzene rings is 1. The summed E-state index contributed by atoms with van der Waals surface area (Å²) in [7, 11) is 0. The summed E-state index contributed by atoms with van der Waals surface area (Å²) in [6.07, 6.45) is 1.47. The van der Waals surface area contributed by atoms with Gasteiger partial charge in [-0.25, -0.2) is 8.78 Å². The Labute approximate surface area is 211 Å². The number of aromatic nitrogens is 1. The van der Waals surface area contributed by atoms with Gasteiger partial charge in [0.25, 0.3) is 0 Å². The summed E-state index contributed by atoms with van der Waals surface area (Å²) >= 11 is 0. The fourth-order valence-corrected chi connectivity index (χ4v) is 7.03. The van der Waals surface area contributed by atoms with Crippen molar-refractivity contribution >= 4 is 5.91 Å². The molecule has 0 unspecified atom stereocenters. The lowest BCUT2D eigenvalue weighted by molar-refractivity contribution is -0.144. The molecule has 0 spiro atoms. The van der Waals surface area contributed by atoms with Gasteiger partial charge in [0.1, 0.15) is 5.75 Å². The standard InChI is InChI=1S/C27H28F5N3O2/c28-20-10-19-23(4-7-37-24(19)11-21(20)29)34-18-9-16-2-1-5-26(16,12-18)25(36)35-6-3-22-15(14-35)8-17(13-33-22)27(30,31)32/h8,10-11,13,16,18,23,34H,1-7,9,12,14H2/t16-,18-,23+,26-/m1/s1. The molecule has 2 saturated carbocycles. The zero-order valence-electron chi connectivity index (χ0n) is 20.2. The van der Waals surface area contributed by atoms with Crippen LogP contribution in [0.4, 0.5) is 22.0 Å². The molecule has 0 bridgehead atoms. The maximum absolute atomic E-state index is 14.0. The molecule has 0 saturated heterocycles. The van der Waals surface area contributed by atoms with E-state index in [0.29, 0.717) is 55.0 Å². The molecule has 198 valence electrons. The molecule has 1 N–H and O–H groups in total. The minimum atomic E-state index is -4.48. The van der Waals surface area contributed by atoms with E-state index in [2.05, 4.69) is 10.3 Å². The number of amides is 1. The molecule has 0 radical (unpaired) electrons. The quantitative estimate of drug-likeness (QED) is 0.556. The largest absolute Gasteiger partial charge is 0.493 e. The molecule has 5 nitrogen and oxygen atoms in total. The zero-order chi connectivity index (χ0) is 25.9. The number of rotatable bonds is 3. The van der Waals surface area contributed by atoms with Gasteiger partial charge in [0.15, 0.2) is 11.6 Å². The van der Waals surface area contributed by atoms with Crippen LogP contribution in [0.5, 0.6) is 5.75 Å². The van der Waals surface area contributed by atoms with Gasteiger partial charge in [0.2, 0.25) is 5.91 Å². The summed E-state index contributed by atoms with van der Waals surface area (Å²) in [4.78, 5) is 19.7. The highest BCUT2D eigenvalue weighted by atomic mass is 19.4. The lowest BCUT2D eigenvalue weighted by atomic mass is 9.78. The summed E-state index contributed by atoms with van der Waals surface area (Å²) in [5.41, 5.74) is 0.317. The van der Waals surface area contributed by atoms with Crippen molar-refractivity contribution in [2.45, 2.75) is 69.8 Å². The first-order valence-corrected chi connectivity index (χ1v) is 12.9. The van der Waals surface area contributed by atoms with Crippen LogP contribution in [0.1, 0.15) is 67.0 Å². The average molecular weight is 522 g/mol. The molecule has 2 fully saturated rings. The molecule has 2 aliphatic carbocycles. The summed E-state index contributed by atoms with van der Waals surface area (Å²) in [6.45, 7) is 0.960.